The number of nitrogens with one attached hydrogen (secondary N) is 2. The van der Waals surface area contributed by atoms with Gasteiger partial charge in [-0.05, 0) is 75.4 Å². The molecule has 1 saturated heterocycles. The van der Waals surface area contributed by atoms with Crippen molar-refractivity contribution in [2.24, 2.45) is 10.9 Å². The van der Waals surface area contributed by atoms with Gasteiger partial charge in [0.2, 0.25) is 0 Å². The molecule has 0 spiro atoms. The lowest BCUT2D eigenvalue weighted by Gasteiger charge is -2.30. The summed E-state index contributed by atoms with van der Waals surface area (Å²) in [7, 11) is 1.78. The quantitative estimate of drug-likeness (QED) is 0.431. The Morgan fingerprint density at radius 3 is 2.68 bits per heavy atom. The molecule has 2 rings (SSSR count). The average Bonchev–Trinajstić information content (AvgIpc) is 2.61. The molecule has 0 aromatic heterocycles. The second kappa shape index (κ2) is 11.1. The van der Waals surface area contributed by atoms with E-state index in [9.17, 15) is 4.39 Å². The number of hydrogen-bond acceptors (Lipinski definition) is 2. The minimum Gasteiger partial charge on any atom is -0.356 e. The van der Waals surface area contributed by atoms with Gasteiger partial charge in [-0.1, -0.05) is 19.1 Å². The van der Waals surface area contributed by atoms with Gasteiger partial charge in [-0.25, -0.2) is 4.39 Å². The molecule has 0 bridgehead atoms. The van der Waals surface area contributed by atoms with E-state index in [1.54, 1.807) is 19.2 Å². The van der Waals surface area contributed by atoms with Crippen LogP contribution >= 0.6 is 0 Å². The summed E-state index contributed by atoms with van der Waals surface area (Å²) in [5, 5.41) is 6.65. The molecule has 1 aliphatic heterocycles. The number of aliphatic imine (C=N–C) groups is 1. The third-order valence-electron chi connectivity index (χ3n) is 4.89. The van der Waals surface area contributed by atoms with Crippen molar-refractivity contribution in [3.63, 3.8) is 0 Å². The van der Waals surface area contributed by atoms with E-state index in [1.165, 1.54) is 45.0 Å². The fourth-order valence-corrected chi connectivity index (χ4v) is 3.19. The molecule has 1 aromatic rings. The fourth-order valence-electron chi connectivity index (χ4n) is 3.19. The number of halogens is 1. The largest absolute Gasteiger partial charge is 0.356 e. The topological polar surface area (TPSA) is 39.7 Å². The molecule has 0 saturated carbocycles. The summed E-state index contributed by atoms with van der Waals surface area (Å²) in [6.45, 7) is 7.77. The van der Waals surface area contributed by atoms with Crippen LogP contribution in [0.25, 0.3) is 0 Å². The maximum atomic E-state index is 13.2. The van der Waals surface area contributed by atoms with E-state index >= 15 is 0 Å². The van der Waals surface area contributed by atoms with Gasteiger partial charge >= 0.3 is 0 Å². The molecule has 1 aromatic carbocycles. The van der Waals surface area contributed by atoms with E-state index in [2.05, 4.69) is 27.4 Å². The predicted octanol–water partition coefficient (Wildman–Crippen LogP) is 3.05. The van der Waals surface area contributed by atoms with E-state index in [0.717, 1.165) is 43.4 Å². The highest BCUT2D eigenvalue weighted by Crippen LogP contribution is 2.16. The number of benzene rings is 1. The van der Waals surface area contributed by atoms with Crippen molar-refractivity contribution in [1.29, 1.82) is 0 Å². The van der Waals surface area contributed by atoms with E-state index in [0.29, 0.717) is 0 Å². The first-order valence-corrected chi connectivity index (χ1v) is 9.58. The Morgan fingerprint density at radius 1 is 1.20 bits per heavy atom. The van der Waals surface area contributed by atoms with Crippen molar-refractivity contribution < 1.29 is 4.39 Å². The number of piperidine rings is 1. The SMILES string of the molecule is CN=C(NCCCCN1CCC(C)CC1)NCCc1cccc(F)c1. The molecule has 25 heavy (non-hydrogen) atoms. The summed E-state index contributed by atoms with van der Waals surface area (Å²) in [6, 6.07) is 6.75. The standard InChI is InChI=1S/C20H33FN4/c1-17-9-14-25(15-10-17)13-4-3-11-23-20(22-2)24-12-8-18-6-5-7-19(21)16-18/h5-7,16-17H,3-4,8-15H2,1-2H3,(H2,22,23,24). The molecule has 0 unspecified atom stereocenters. The van der Waals surface area contributed by atoms with Gasteiger partial charge in [-0.2, -0.15) is 0 Å². The zero-order chi connectivity index (χ0) is 17.9. The van der Waals surface area contributed by atoms with Crippen LogP contribution in [0.4, 0.5) is 4.39 Å². The summed E-state index contributed by atoms with van der Waals surface area (Å²) in [5.74, 6) is 1.55. The molecular weight excluding hydrogens is 315 g/mol. The Labute approximate surface area is 151 Å². The van der Waals surface area contributed by atoms with E-state index in [1.807, 2.05) is 6.07 Å². The van der Waals surface area contributed by atoms with Crippen LogP contribution in [0.2, 0.25) is 0 Å². The van der Waals surface area contributed by atoms with Crippen molar-refractivity contribution in [2.75, 3.05) is 39.8 Å². The third-order valence-corrected chi connectivity index (χ3v) is 4.89. The van der Waals surface area contributed by atoms with Gasteiger partial charge in [-0.3, -0.25) is 4.99 Å². The summed E-state index contributed by atoms with van der Waals surface area (Å²) < 4.78 is 13.2. The summed E-state index contributed by atoms with van der Waals surface area (Å²) >= 11 is 0. The molecular formula is C20H33FN4. The first-order chi connectivity index (χ1) is 12.2. The second-order valence-corrected chi connectivity index (χ2v) is 7.04. The zero-order valence-electron chi connectivity index (χ0n) is 15.7. The second-order valence-electron chi connectivity index (χ2n) is 7.04. The Balaban J connectivity index is 1.53. The van der Waals surface area contributed by atoms with Crippen LogP contribution in [-0.4, -0.2) is 50.6 Å². The minimum atomic E-state index is -0.178. The molecule has 0 amide bonds. The number of unbranched alkanes of at least 4 members (excludes halogenated alkanes) is 1. The van der Waals surface area contributed by atoms with Crippen LogP contribution in [0.3, 0.4) is 0 Å². The maximum absolute atomic E-state index is 13.2. The molecule has 140 valence electrons. The van der Waals surface area contributed by atoms with Crippen LogP contribution in [0.5, 0.6) is 0 Å². The van der Waals surface area contributed by atoms with Crippen molar-refractivity contribution >= 4 is 5.96 Å². The number of likely N-dealkylation sites (tertiary alicyclic amines) is 1. The van der Waals surface area contributed by atoms with Gasteiger partial charge < -0.3 is 15.5 Å². The molecule has 1 aliphatic rings. The predicted molar refractivity (Wildman–Crippen MR) is 104 cm³/mol. The highest BCUT2D eigenvalue weighted by Gasteiger charge is 2.14. The third kappa shape index (κ3) is 7.86. The Morgan fingerprint density at radius 2 is 1.96 bits per heavy atom. The molecule has 5 heteroatoms. The van der Waals surface area contributed by atoms with E-state index in [4.69, 9.17) is 0 Å². The lowest BCUT2D eigenvalue weighted by atomic mass is 9.99. The highest BCUT2D eigenvalue weighted by molar-refractivity contribution is 5.79. The minimum absolute atomic E-state index is 0.178. The number of rotatable bonds is 8. The monoisotopic (exact) mass is 348 g/mol. The van der Waals surface area contributed by atoms with Crippen LogP contribution < -0.4 is 10.6 Å². The van der Waals surface area contributed by atoms with E-state index < -0.39 is 0 Å². The molecule has 1 fully saturated rings. The molecule has 1 heterocycles. The van der Waals surface area contributed by atoms with Gasteiger partial charge in [0.15, 0.2) is 5.96 Å². The number of guanidine groups is 1. The first-order valence-electron chi connectivity index (χ1n) is 9.58. The normalized spacial score (nSPS) is 16.8. The van der Waals surface area contributed by atoms with Crippen LogP contribution in [0.15, 0.2) is 29.3 Å². The number of hydrogen-bond donors (Lipinski definition) is 2. The van der Waals surface area contributed by atoms with Crippen LogP contribution in [0.1, 0.15) is 38.2 Å². The number of nitrogens with zero attached hydrogens (tertiary/aromatic N) is 2. The molecule has 0 atom stereocenters. The van der Waals surface area contributed by atoms with Gasteiger partial charge in [0.25, 0.3) is 0 Å². The van der Waals surface area contributed by atoms with Gasteiger partial charge in [-0.15, -0.1) is 0 Å². The van der Waals surface area contributed by atoms with Crippen LogP contribution in [0, 0.1) is 11.7 Å². The lowest BCUT2D eigenvalue weighted by molar-refractivity contribution is 0.189. The van der Waals surface area contributed by atoms with Crippen molar-refractivity contribution in [3.8, 4) is 0 Å². The lowest BCUT2D eigenvalue weighted by Crippen LogP contribution is -2.39. The van der Waals surface area contributed by atoms with Gasteiger partial charge in [0.05, 0.1) is 0 Å². The van der Waals surface area contributed by atoms with Gasteiger partial charge in [0, 0.05) is 20.1 Å². The Bertz CT molecular complexity index is 524. The fraction of sp³-hybridized carbons (Fsp3) is 0.650. The summed E-state index contributed by atoms with van der Waals surface area (Å²) in [4.78, 5) is 6.83. The van der Waals surface area contributed by atoms with E-state index in [-0.39, 0.29) is 5.82 Å². The van der Waals surface area contributed by atoms with Crippen molar-refractivity contribution in [2.45, 2.75) is 39.0 Å². The Kier molecular flexibility index (Phi) is 8.73. The van der Waals surface area contributed by atoms with Gasteiger partial charge in [0.1, 0.15) is 5.82 Å². The maximum Gasteiger partial charge on any atom is 0.190 e. The van der Waals surface area contributed by atoms with Crippen molar-refractivity contribution in [1.82, 2.24) is 15.5 Å². The first kappa shape index (κ1) is 19.7. The molecule has 2 N–H and O–H groups in total. The zero-order valence-corrected chi connectivity index (χ0v) is 15.7. The summed E-state index contributed by atoms with van der Waals surface area (Å²) in [6.07, 6.45) is 5.85. The summed E-state index contributed by atoms with van der Waals surface area (Å²) in [5.41, 5.74) is 0.999. The average molecular weight is 349 g/mol. The molecule has 0 aliphatic carbocycles. The highest BCUT2D eigenvalue weighted by atomic mass is 19.1. The van der Waals surface area contributed by atoms with Crippen LogP contribution in [-0.2, 0) is 6.42 Å². The molecule has 0 radical (unpaired) electrons. The smallest absolute Gasteiger partial charge is 0.190 e. The Hall–Kier alpha value is -1.62. The molecule has 4 nitrogen and oxygen atoms in total. The van der Waals surface area contributed by atoms with Crippen molar-refractivity contribution in [3.05, 3.63) is 35.6 Å².